The lowest BCUT2D eigenvalue weighted by atomic mass is 10.0. The van der Waals surface area contributed by atoms with E-state index in [1.165, 1.54) is 4.31 Å². The maximum absolute atomic E-state index is 12.4. The molecule has 0 saturated heterocycles. The first-order valence-electron chi connectivity index (χ1n) is 6.93. The van der Waals surface area contributed by atoms with Crippen molar-refractivity contribution < 1.29 is 12.9 Å². The number of fused-ring (bicyclic) bond motifs is 1. The van der Waals surface area contributed by atoms with Gasteiger partial charge in [0, 0.05) is 11.5 Å². The molecule has 0 radical (unpaired) electrons. The first-order chi connectivity index (χ1) is 9.90. The largest absolute Gasteiger partial charge is 0.361 e. The topological polar surface area (TPSA) is 63.4 Å². The van der Waals surface area contributed by atoms with Crippen LogP contribution in [0.25, 0.3) is 0 Å². The zero-order chi connectivity index (χ0) is 15.2. The molecule has 112 valence electrons. The van der Waals surface area contributed by atoms with Gasteiger partial charge in [-0.1, -0.05) is 37.2 Å². The van der Waals surface area contributed by atoms with Crippen LogP contribution in [0, 0.1) is 6.92 Å². The molecule has 0 saturated carbocycles. The zero-order valence-corrected chi connectivity index (χ0v) is 13.1. The Labute approximate surface area is 124 Å². The summed E-state index contributed by atoms with van der Waals surface area (Å²) in [4.78, 5) is 0. The fourth-order valence-corrected chi connectivity index (χ4v) is 4.28. The lowest BCUT2D eigenvalue weighted by Crippen LogP contribution is -2.26. The normalized spacial score (nSPS) is 16.5. The SMILES string of the molecule is Cc1noc(C(C)C)c1CN1c2ccccc2CS1(=O)=O. The van der Waals surface area contributed by atoms with E-state index in [2.05, 4.69) is 5.16 Å². The average Bonchev–Trinajstić information content (AvgIpc) is 2.89. The average molecular weight is 306 g/mol. The van der Waals surface area contributed by atoms with E-state index in [9.17, 15) is 8.42 Å². The van der Waals surface area contributed by atoms with Crippen LogP contribution in [0.15, 0.2) is 28.8 Å². The van der Waals surface area contributed by atoms with Gasteiger partial charge in [-0.3, -0.25) is 4.31 Å². The molecule has 0 N–H and O–H groups in total. The molecule has 3 rings (SSSR count). The summed E-state index contributed by atoms with van der Waals surface area (Å²) < 4.78 is 31.6. The van der Waals surface area contributed by atoms with Crippen LogP contribution >= 0.6 is 0 Å². The van der Waals surface area contributed by atoms with E-state index in [0.717, 1.165) is 28.3 Å². The number of nitrogens with zero attached hydrogens (tertiary/aromatic N) is 2. The molecular weight excluding hydrogens is 288 g/mol. The summed E-state index contributed by atoms with van der Waals surface area (Å²) in [5, 5.41) is 3.99. The zero-order valence-electron chi connectivity index (χ0n) is 12.3. The third-order valence-electron chi connectivity index (χ3n) is 3.78. The smallest absolute Gasteiger partial charge is 0.239 e. The lowest BCUT2D eigenvalue weighted by molar-refractivity contribution is 0.366. The summed E-state index contributed by atoms with van der Waals surface area (Å²) in [5.74, 6) is 0.985. The highest BCUT2D eigenvalue weighted by molar-refractivity contribution is 7.92. The number of aromatic nitrogens is 1. The molecule has 0 atom stereocenters. The van der Waals surface area contributed by atoms with E-state index in [-0.39, 0.29) is 18.2 Å². The molecule has 0 bridgehead atoms. The number of rotatable bonds is 3. The molecule has 0 unspecified atom stereocenters. The molecule has 1 aromatic heterocycles. The minimum Gasteiger partial charge on any atom is -0.361 e. The Kier molecular flexibility index (Phi) is 3.28. The second-order valence-corrected chi connectivity index (χ2v) is 7.55. The summed E-state index contributed by atoms with van der Waals surface area (Å²) in [5.41, 5.74) is 3.22. The highest BCUT2D eigenvalue weighted by atomic mass is 32.2. The Morgan fingerprint density at radius 2 is 2.05 bits per heavy atom. The van der Waals surface area contributed by atoms with Crippen molar-refractivity contribution in [3.63, 3.8) is 0 Å². The number of para-hydroxylation sites is 1. The van der Waals surface area contributed by atoms with Gasteiger partial charge in [0.2, 0.25) is 10.0 Å². The summed E-state index contributed by atoms with van der Waals surface area (Å²) in [6.45, 7) is 6.15. The molecule has 2 heterocycles. The summed E-state index contributed by atoms with van der Waals surface area (Å²) in [7, 11) is -3.32. The molecular formula is C15H18N2O3S. The lowest BCUT2D eigenvalue weighted by Gasteiger charge is -2.18. The van der Waals surface area contributed by atoms with Crippen molar-refractivity contribution in [1.82, 2.24) is 5.16 Å². The van der Waals surface area contributed by atoms with E-state index < -0.39 is 10.0 Å². The molecule has 5 nitrogen and oxygen atoms in total. The second kappa shape index (κ2) is 4.87. The summed E-state index contributed by atoms with van der Waals surface area (Å²) >= 11 is 0. The number of hydrogen-bond acceptors (Lipinski definition) is 4. The number of anilines is 1. The summed E-state index contributed by atoms with van der Waals surface area (Å²) in [6.07, 6.45) is 0. The van der Waals surface area contributed by atoms with Crippen molar-refractivity contribution in [2.75, 3.05) is 4.31 Å². The summed E-state index contributed by atoms with van der Waals surface area (Å²) in [6, 6.07) is 7.42. The fourth-order valence-electron chi connectivity index (χ4n) is 2.68. The molecule has 1 aromatic carbocycles. The highest BCUT2D eigenvalue weighted by Gasteiger charge is 2.34. The molecule has 0 amide bonds. The number of sulfonamides is 1. The highest BCUT2D eigenvalue weighted by Crippen LogP contribution is 2.36. The van der Waals surface area contributed by atoms with Crippen molar-refractivity contribution >= 4 is 15.7 Å². The monoisotopic (exact) mass is 306 g/mol. The fraction of sp³-hybridized carbons (Fsp3) is 0.400. The quantitative estimate of drug-likeness (QED) is 0.874. The first-order valence-corrected chi connectivity index (χ1v) is 8.54. The Morgan fingerprint density at radius 1 is 1.33 bits per heavy atom. The minimum absolute atomic E-state index is 0.0600. The van der Waals surface area contributed by atoms with Crippen molar-refractivity contribution in [3.8, 4) is 0 Å². The molecule has 1 aliphatic rings. The van der Waals surface area contributed by atoms with E-state index in [4.69, 9.17) is 4.52 Å². The van der Waals surface area contributed by atoms with Crippen LogP contribution in [0.3, 0.4) is 0 Å². The van der Waals surface area contributed by atoms with Gasteiger partial charge < -0.3 is 4.52 Å². The van der Waals surface area contributed by atoms with Crippen LogP contribution in [-0.2, 0) is 22.3 Å². The van der Waals surface area contributed by atoms with Gasteiger partial charge in [-0.15, -0.1) is 0 Å². The van der Waals surface area contributed by atoms with Crippen LogP contribution in [0.1, 0.15) is 42.3 Å². The van der Waals surface area contributed by atoms with E-state index in [0.29, 0.717) is 0 Å². The van der Waals surface area contributed by atoms with Crippen LogP contribution in [0.5, 0.6) is 0 Å². The molecule has 21 heavy (non-hydrogen) atoms. The van der Waals surface area contributed by atoms with Crippen LogP contribution < -0.4 is 4.31 Å². The molecule has 0 aliphatic carbocycles. The van der Waals surface area contributed by atoms with Crippen LogP contribution in [0.2, 0.25) is 0 Å². The molecule has 2 aromatic rings. The molecule has 1 aliphatic heterocycles. The second-order valence-electron chi connectivity index (χ2n) is 5.66. The van der Waals surface area contributed by atoms with Gasteiger partial charge >= 0.3 is 0 Å². The number of hydrogen-bond donors (Lipinski definition) is 0. The van der Waals surface area contributed by atoms with E-state index in [1.54, 1.807) is 0 Å². The molecule has 0 fully saturated rings. The Morgan fingerprint density at radius 3 is 2.76 bits per heavy atom. The first kappa shape index (κ1) is 14.1. The molecule has 6 heteroatoms. The third-order valence-corrected chi connectivity index (χ3v) is 5.45. The van der Waals surface area contributed by atoms with Gasteiger partial charge in [-0.2, -0.15) is 0 Å². The van der Waals surface area contributed by atoms with E-state index >= 15 is 0 Å². The van der Waals surface area contributed by atoms with Crippen LogP contribution in [-0.4, -0.2) is 13.6 Å². The van der Waals surface area contributed by atoms with Crippen molar-refractivity contribution in [1.29, 1.82) is 0 Å². The number of aryl methyl sites for hydroxylation is 1. The maximum Gasteiger partial charge on any atom is 0.239 e. The standard InChI is InChI=1S/C15H18N2O3S/c1-10(2)15-13(11(3)16-20-15)8-17-14-7-5-4-6-12(14)9-21(17,18)19/h4-7,10H,8-9H2,1-3H3. The van der Waals surface area contributed by atoms with Crippen molar-refractivity contribution in [2.45, 2.75) is 39.0 Å². The van der Waals surface area contributed by atoms with Gasteiger partial charge in [0.25, 0.3) is 0 Å². The van der Waals surface area contributed by atoms with Gasteiger partial charge in [-0.05, 0) is 18.6 Å². The van der Waals surface area contributed by atoms with Crippen LogP contribution in [0.4, 0.5) is 5.69 Å². The van der Waals surface area contributed by atoms with E-state index in [1.807, 2.05) is 45.0 Å². The predicted octanol–water partition coefficient (Wildman–Crippen LogP) is 2.96. The van der Waals surface area contributed by atoms with Crippen molar-refractivity contribution in [3.05, 3.63) is 46.8 Å². The molecule has 0 spiro atoms. The third kappa shape index (κ3) is 2.33. The van der Waals surface area contributed by atoms with Gasteiger partial charge in [0.15, 0.2) is 0 Å². The number of benzene rings is 1. The van der Waals surface area contributed by atoms with Gasteiger partial charge in [0.05, 0.1) is 23.7 Å². The predicted molar refractivity (Wildman–Crippen MR) is 80.6 cm³/mol. The Hall–Kier alpha value is -1.82. The maximum atomic E-state index is 12.4. The Balaban J connectivity index is 2.04. The van der Waals surface area contributed by atoms with Gasteiger partial charge in [0.1, 0.15) is 5.76 Å². The Bertz CT molecular complexity index is 778. The van der Waals surface area contributed by atoms with Crippen molar-refractivity contribution in [2.24, 2.45) is 0 Å². The minimum atomic E-state index is -3.32. The van der Waals surface area contributed by atoms with Gasteiger partial charge in [-0.25, -0.2) is 8.42 Å².